The molecule has 16 heavy (non-hydrogen) atoms. The Bertz CT molecular complexity index is 355. The summed E-state index contributed by atoms with van der Waals surface area (Å²) in [6.07, 6.45) is 5.07. The normalized spacial score (nSPS) is 20.7. The van der Waals surface area contributed by atoms with Crippen molar-refractivity contribution in [3.05, 3.63) is 11.5 Å². The van der Waals surface area contributed by atoms with E-state index < -0.39 is 0 Å². The van der Waals surface area contributed by atoms with Gasteiger partial charge in [-0.15, -0.1) is 0 Å². The van der Waals surface area contributed by atoms with E-state index in [0.717, 1.165) is 19.4 Å². The summed E-state index contributed by atoms with van der Waals surface area (Å²) in [5.74, 6) is 0.578. The number of nitrogens with one attached hydrogen (secondary N) is 1. The van der Waals surface area contributed by atoms with Crippen molar-refractivity contribution >= 4 is 23.1 Å². The van der Waals surface area contributed by atoms with Crippen molar-refractivity contribution in [2.45, 2.75) is 25.4 Å². The molecule has 1 aliphatic heterocycles. The smallest absolute Gasteiger partial charge is 0.157 e. The third-order valence-electron chi connectivity index (χ3n) is 2.61. The Kier molecular flexibility index (Phi) is 3.79. The van der Waals surface area contributed by atoms with Gasteiger partial charge in [0, 0.05) is 13.2 Å². The first-order valence-electron chi connectivity index (χ1n) is 5.39. The van der Waals surface area contributed by atoms with E-state index in [-0.39, 0.29) is 11.3 Å². The second kappa shape index (κ2) is 5.32. The Balaban J connectivity index is 1.91. The molecule has 2 heterocycles. The van der Waals surface area contributed by atoms with E-state index in [1.165, 1.54) is 12.7 Å². The largest absolute Gasteiger partial charge is 0.393 e. The van der Waals surface area contributed by atoms with Crippen LogP contribution in [0.3, 0.4) is 0 Å². The molecule has 1 atom stereocenters. The van der Waals surface area contributed by atoms with Crippen LogP contribution in [0.1, 0.15) is 19.3 Å². The van der Waals surface area contributed by atoms with Crippen LogP contribution >= 0.6 is 11.6 Å². The van der Waals surface area contributed by atoms with Gasteiger partial charge in [0.15, 0.2) is 11.0 Å². The number of aromatic nitrogens is 2. The predicted molar refractivity (Wildman–Crippen MR) is 63.5 cm³/mol. The zero-order chi connectivity index (χ0) is 11.4. The molecule has 1 fully saturated rings. The van der Waals surface area contributed by atoms with Crippen LogP contribution in [0.5, 0.6) is 0 Å². The zero-order valence-electron chi connectivity index (χ0n) is 8.95. The highest BCUT2D eigenvalue weighted by molar-refractivity contribution is 6.32. The van der Waals surface area contributed by atoms with Crippen molar-refractivity contribution in [3.8, 4) is 0 Å². The topological polar surface area (TPSA) is 73.1 Å². The van der Waals surface area contributed by atoms with Gasteiger partial charge >= 0.3 is 0 Å². The Morgan fingerprint density at radius 1 is 1.50 bits per heavy atom. The molecule has 2 rings (SSSR count). The number of nitrogens with zero attached hydrogens (tertiary/aromatic N) is 2. The minimum atomic E-state index is 0.238. The molecule has 0 radical (unpaired) electrons. The van der Waals surface area contributed by atoms with Gasteiger partial charge in [0.25, 0.3) is 0 Å². The predicted octanol–water partition coefficient (Wildman–Crippen LogP) is 1.69. The van der Waals surface area contributed by atoms with Crippen molar-refractivity contribution < 1.29 is 4.74 Å². The second-order valence-electron chi connectivity index (χ2n) is 3.80. The number of nitrogen functional groups attached to an aromatic ring is 1. The number of rotatable bonds is 3. The lowest BCUT2D eigenvalue weighted by Crippen LogP contribution is -2.27. The monoisotopic (exact) mass is 242 g/mol. The van der Waals surface area contributed by atoms with Crippen LogP contribution in [0.15, 0.2) is 6.33 Å². The maximum Gasteiger partial charge on any atom is 0.157 e. The van der Waals surface area contributed by atoms with E-state index in [9.17, 15) is 0 Å². The molecule has 6 heteroatoms. The van der Waals surface area contributed by atoms with E-state index >= 15 is 0 Å². The molecular weight excluding hydrogens is 228 g/mol. The van der Waals surface area contributed by atoms with Gasteiger partial charge < -0.3 is 15.8 Å². The quantitative estimate of drug-likeness (QED) is 0.790. The first kappa shape index (κ1) is 11.4. The highest BCUT2D eigenvalue weighted by Gasteiger charge is 2.14. The van der Waals surface area contributed by atoms with Gasteiger partial charge in [-0.25, -0.2) is 9.97 Å². The van der Waals surface area contributed by atoms with E-state index in [1.807, 2.05) is 0 Å². The molecule has 0 saturated carbocycles. The highest BCUT2D eigenvalue weighted by atomic mass is 35.5. The summed E-state index contributed by atoms with van der Waals surface area (Å²) in [6.45, 7) is 1.55. The summed E-state index contributed by atoms with van der Waals surface area (Å²) in [7, 11) is 0. The van der Waals surface area contributed by atoms with Gasteiger partial charge in [-0.2, -0.15) is 0 Å². The molecule has 0 spiro atoms. The summed E-state index contributed by atoms with van der Waals surface area (Å²) < 4.78 is 5.59. The second-order valence-corrected chi connectivity index (χ2v) is 4.15. The molecule has 0 bridgehead atoms. The number of hydrogen-bond acceptors (Lipinski definition) is 5. The Morgan fingerprint density at radius 2 is 2.38 bits per heavy atom. The number of nitrogens with two attached hydrogens (primary N) is 1. The van der Waals surface area contributed by atoms with Crippen LogP contribution in [0.4, 0.5) is 11.5 Å². The maximum absolute atomic E-state index is 5.79. The van der Waals surface area contributed by atoms with Crippen LogP contribution in [-0.2, 0) is 4.74 Å². The van der Waals surface area contributed by atoms with Crippen LogP contribution < -0.4 is 11.1 Å². The average molecular weight is 243 g/mol. The maximum atomic E-state index is 5.79. The van der Waals surface area contributed by atoms with Crippen molar-refractivity contribution in [1.82, 2.24) is 9.97 Å². The summed E-state index contributed by atoms with van der Waals surface area (Å²) in [4.78, 5) is 7.83. The van der Waals surface area contributed by atoms with Crippen molar-refractivity contribution in [3.63, 3.8) is 0 Å². The lowest BCUT2D eigenvalue weighted by atomic mass is 10.1. The Hall–Kier alpha value is -1.07. The van der Waals surface area contributed by atoms with Gasteiger partial charge in [-0.3, -0.25) is 0 Å². The average Bonchev–Trinajstić information content (AvgIpc) is 2.32. The van der Waals surface area contributed by atoms with Crippen molar-refractivity contribution in [2.75, 3.05) is 24.2 Å². The Labute approximate surface area is 99.4 Å². The first-order chi connectivity index (χ1) is 7.77. The summed E-state index contributed by atoms with van der Waals surface area (Å²) in [5, 5.41) is 3.42. The molecule has 1 unspecified atom stereocenters. The molecule has 1 aliphatic rings. The minimum Gasteiger partial charge on any atom is -0.393 e. The Morgan fingerprint density at radius 3 is 3.12 bits per heavy atom. The molecular formula is C10H15ClN4O. The fourth-order valence-corrected chi connectivity index (χ4v) is 1.83. The van der Waals surface area contributed by atoms with Crippen LogP contribution in [-0.4, -0.2) is 29.2 Å². The van der Waals surface area contributed by atoms with Gasteiger partial charge in [0.1, 0.15) is 12.0 Å². The van der Waals surface area contributed by atoms with Gasteiger partial charge in [-0.05, 0) is 19.3 Å². The zero-order valence-corrected chi connectivity index (χ0v) is 9.70. The van der Waals surface area contributed by atoms with Crippen molar-refractivity contribution in [2.24, 2.45) is 0 Å². The number of halogens is 1. The molecule has 1 aromatic heterocycles. The van der Waals surface area contributed by atoms with E-state index in [4.69, 9.17) is 22.1 Å². The molecule has 3 N–H and O–H groups in total. The molecule has 1 aromatic rings. The van der Waals surface area contributed by atoms with E-state index in [2.05, 4.69) is 15.3 Å². The number of hydrogen-bond donors (Lipinski definition) is 2. The molecule has 0 amide bonds. The van der Waals surface area contributed by atoms with E-state index in [1.54, 1.807) is 0 Å². The van der Waals surface area contributed by atoms with Crippen LogP contribution in [0.25, 0.3) is 0 Å². The summed E-state index contributed by atoms with van der Waals surface area (Å²) in [6, 6.07) is 0. The van der Waals surface area contributed by atoms with Crippen LogP contribution in [0.2, 0.25) is 5.15 Å². The summed E-state index contributed by atoms with van der Waals surface area (Å²) >= 11 is 5.79. The fourth-order valence-electron chi connectivity index (χ4n) is 1.69. The molecule has 0 aliphatic carbocycles. The van der Waals surface area contributed by atoms with E-state index in [0.29, 0.717) is 18.1 Å². The van der Waals surface area contributed by atoms with Crippen molar-refractivity contribution in [1.29, 1.82) is 0 Å². The van der Waals surface area contributed by atoms with Gasteiger partial charge in [0.05, 0.1) is 6.10 Å². The van der Waals surface area contributed by atoms with Crippen LogP contribution in [0, 0.1) is 0 Å². The number of ether oxygens (including phenoxy) is 1. The first-order valence-corrected chi connectivity index (χ1v) is 5.76. The molecule has 88 valence electrons. The molecule has 1 saturated heterocycles. The third kappa shape index (κ3) is 2.74. The fraction of sp³-hybridized carbons (Fsp3) is 0.600. The standard InChI is InChI=1S/C10H15ClN4O/c11-9-8(12)10(15-6-14-9)13-5-7-3-1-2-4-16-7/h6-7H,1-5,12H2,(H,13,14,15). The SMILES string of the molecule is Nc1c(Cl)ncnc1NCC1CCCCO1. The minimum absolute atomic E-state index is 0.238. The lowest BCUT2D eigenvalue weighted by Gasteiger charge is -2.23. The van der Waals surface area contributed by atoms with Gasteiger partial charge in [0.2, 0.25) is 0 Å². The number of anilines is 2. The lowest BCUT2D eigenvalue weighted by molar-refractivity contribution is 0.0247. The molecule has 5 nitrogen and oxygen atoms in total. The highest BCUT2D eigenvalue weighted by Crippen LogP contribution is 2.22. The molecule has 0 aromatic carbocycles. The third-order valence-corrected chi connectivity index (χ3v) is 2.91. The summed E-state index contributed by atoms with van der Waals surface area (Å²) in [5.41, 5.74) is 6.13. The van der Waals surface area contributed by atoms with Gasteiger partial charge in [-0.1, -0.05) is 11.6 Å².